The van der Waals surface area contributed by atoms with Gasteiger partial charge in [0.25, 0.3) is 0 Å². The molecule has 0 saturated carbocycles. The fourth-order valence-electron chi connectivity index (χ4n) is 5.50. The van der Waals surface area contributed by atoms with Gasteiger partial charge >= 0.3 is 0 Å². The van der Waals surface area contributed by atoms with Crippen molar-refractivity contribution in [1.29, 1.82) is 0 Å². The molecule has 3 N–H and O–H groups in total. The summed E-state index contributed by atoms with van der Waals surface area (Å²) in [4.78, 5) is 28.8. The molecule has 3 aromatic rings. The minimum Gasteiger partial charge on any atom is -0.390 e. The highest BCUT2D eigenvalue weighted by atomic mass is 19.1. The monoisotopic (exact) mass is 607 g/mol. The summed E-state index contributed by atoms with van der Waals surface area (Å²) in [5, 5.41) is 17.3. The highest BCUT2D eigenvalue weighted by molar-refractivity contribution is 5.85. The van der Waals surface area contributed by atoms with Crippen LogP contribution in [-0.4, -0.2) is 53.6 Å². The van der Waals surface area contributed by atoms with Gasteiger partial charge in [0, 0.05) is 38.7 Å². The van der Waals surface area contributed by atoms with Crippen molar-refractivity contribution >= 4 is 11.8 Å². The molecule has 6 nitrogen and oxygen atoms in total. The number of aliphatic hydroxyl groups excluding tert-OH is 1. The second kappa shape index (κ2) is 18.2. The molecule has 0 bridgehead atoms. The summed E-state index contributed by atoms with van der Waals surface area (Å²) in [6.45, 7) is 8.14. The van der Waals surface area contributed by atoms with Gasteiger partial charge in [0.1, 0.15) is 11.6 Å². The Bertz CT molecular complexity index is 1290. The van der Waals surface area contributed by atoms with Crippen LogP contribution in [0.5, 0.6) is 0 Å². The van der Waals surface area contributed by atoms with E-state index in [1.165, 1.54) is 17.7 Å². The van der Waals surface area contributed by atoms with E-state index in [0.717, 1.165) is 36.5 Å². The molecule has 0 spiro atoms. The van der Waals surface area contributed by atoms with E-state index in [0.29, 0.717) is 31.6 Å². The van der Waals surface area contributed by atoms with Crippen LogP contribution >= 0.6 is 0 Å². The summed E-state index contributed by atoms with van der Waals surface area (Å²) in [5.41, 5.74) is 3.46. The van der Waals surface area contributed by atoms with Crippen molar-refractivity contribution in [3.05, 3.63) is 107 Å². The van der Waals surface area contributed by atoms with Crippen LogP contribution < -0.4 is 10.6 Å². The van der Waals surface area contributed by atoms with Crippen LogP contribution in [0.25, 0.3) is 0 Å². The number of nitrogens with one attached hydrogen (secondary N) is 2. The number of aliphatic hydroxyl groups is 1. The Morgan fingerprint density at radius 1 is 0.841 bits per heavy atom. The van der Waals surface area contributed by atoms with E-state index >= 15 is 0 Å². The first-order valence-corrected chi connectivity index (χ1v) is 15.8. The Balaban J connectivity index is 1.72. The van der Waals surface area contributed by atoms with Crippen molar-refractivity contribution in [1.82, 2.24) is 15.5 Å². The summed E-state index contributed by atoms with van der Waals surface area (Å²) < 4.78 is 28.0. The topological polar surface area (TPSA) is 81.7 Å². The summed E-state index contributed by atoms with van der Waals surface area (Å²) >= 11 is 0. The zero-order chi connectivity index (χ0) is 31.9. The smallest absolute Gasteiger partial charge is 0.230 e. The number of benzene rings is 3. The van der Waals surface area contributed by atoms with Crippen LogP contribution in [-0.2, 0) is 29.0 Å². The Kier molecular flexibility index (Phi) is 14.5. The zero-order valence-corrected chi connectivity index (χ0v) is 26.2. The molecular weight excluding hydrogens is 560 g/mol. The fourth-order valence-corrected chi connectivity index (χ4v) is 5.50. The van der Waals surface area contributed by atoms with Gasteiger partial charge in [0.2, 0.25) is 11.8 Å². The number of aryl methyl sites for hydroxylation is 1. The molecule has 0 saturated heterocycles. The summed E-state index contributed by atoms with van der Waals surface area (Å²) in [6, 6.07) is 20.0. The lowest BCUT2D eigenvalue weighted by atomic mass is 9.92. The molecule has 0 aliphatic heterocycles. The average molecular weight is 608 g/mol. The molecule has 44 heavy (non-hydrogen) atoms. The van der Waals surface area contributed by atoms with Gasteiger partial charge in [-0.25, -0.2) is 8.78 Å². The minimum absolute atomic E-state index is 0.00383. The van der Waals surface area contributed by atoms with Crippen LogP contribution in [0.2, 0.25) is 0 Å². The third-order valence-corrected chi connectivity index (χ3v) is 7.73. The summed E-state index contributed by atoms with van der Waals surface area (Å²) in [6.07, 6.45) is 1.95. The maximum absolute atomic E-state index is 14.0. The first kappa shape index (κ1) is 34.9. The molecule has 238 valence electrons. The third kappa shape index (κ3) is 11.1. The molecule has 2 amide bonds. The van der Waals surface area contributed by atoms with Crippen molar-refractivity contribution in [3.8, 4) is 0 Å². The highest BCUT2D eigenvalue weighted by Gasteiger charge is 2.27. The molecule has 0 fully saturated rings. The standard InChI is InChI=1S/C36H47F2N3O3/c1-4-17-41(18-5-2)36(44)32(29-13-8-7-9-14-29)15-16-35(43)40-33(22-28-20-30(37)23-31(38)21-28)34(42)25-39-24-27-12-10-11-26(6-3)19-27/h7-14,19-21,23,32-34,39,42H,4-6,15-18,22,24-25H2,1-3H3,(H,40,43). The van der Waals surface area contributed by atoms with E-state index in [-0.39, 0.29) is 31.2 Å². The van der Waals surface area contributed by atoms with Crippen molar-refractivity contribution in [2.45, 2.75) is 83.9 Å². The van der Waals surface area contributed by atoms with E-state index in [4.69, 9.17) is 0 Å². The van der Waals surface area contributed by atoms with Crippen molar-refractivity contribution < 1.29 is 23.5 Å². The molecule has 0 aliphatic rings. The van der Waals surface area contributed by atoms with Gasteiger partial charge in [-0.15, -0.1) is 0 Å². The highest BCUT2D eigenvalue weighted by Crippen LogP contribution is 2.25. The molecule has 8 heteroatoms. The maximum Gasteiger partial charge on any atom is 0.230 e. The van der Waals surface area contributed by atoms with Crippen molar-refractivity contribution in [2.75, 3.05) is 19.6 Å². The maximum atomic E-state index is 14.0. The number of hydrogen-bond donors (Lipinski definition) is 3. The van der Waals surface area contributed by atoms with E-state index in [9.17, 15) is 23.5 Å². The van der Waals surface area contributed by atoms with Gasteiger partial charge in [0.05, 0.1) is 18.1 Å². The second-order valence-electron chi connectivity index (χ2n) is 11.4. The van der Waals surface area contributed by atoms with Crippen LogP contribution in [0, 0.1) is 11.6 Å². The molecule has 0 radical (unpaired) electrons. The van der Waals surface area contributed by atoms with Gasteiger partial charge in [-0.05, 0) is 66.5 Å². The Morgan fingerprint density at radius 3 is 2.14 bits per heavy atom. The molecule has 0 aliphatic carbocycles. The Hall–Kier alpha value is -3.62. The van der Waals surface area contributed by atoms with Gasteiger partial charge in [-0.1, -0.05) is 75.4 Å². The van der Waals surface area contributed by atoms with Crippen LogP contribution in [0.1, 0.15) is 74.6 Å². The number of amides is 2. The fraction of sp³-hybridized carbons (Fsp3) is 0.444. The van der Waals surface area contributed by atoms with E-state index in [2.05, 4.69) is 29.7 Å². The molecule has 0 heterocycles. The van der Waals surface area contributed by atoms with E-state index < -0.39 is 29.7 Å². The lowest BCUT2D eigenvalue weighted by Crippen LogP contribution is -2.48. The largest absolute Gasteiger partial charge is 0.390 e. The van der Waals surface area contributed by atoms with Gasteiger partial charge in [0.15, 0.2) is 0 Å². The van der Waals surface area contributed by atoms with E-state index in [1.54, 1.807) is 0 Å². The quantitative estimate of drug-likeness (QED) is 0.168. The zero-order valence-electron chi connectivity index (χ0n) is 26.2. The van der Waals surface area contributed by atoms with Crippen molar-refractivity contribution in [3.63, 3.8) is 0 Å². The van der Waals surface area contributed by atoms with Gasteiger partial charge in [-0.2, -0.15) is 0 Å². The van der Waals surface area contributed by atoms with E-state index in [1.807, 2.05) is 61.2 Å². The molecule has 0 aromatic heterocycles. The van der Waals surface area contributed by atoms with Gasteiger partial charge < -0.3 is 20.6 Å². The third-order valence-electron chi connectivity index (χ3n) is 7.73. The molecule has 3 aromatic carbocycles. The van der Waals surface area contributed by atoms with Crippen molar-refractivity contribution in [2.24, 2.45) is 0 Å². The normalized spacial score (nSPS) is 13.2. The SMILES string of the molecule is CCCN(CCC)C(=O)C(CCC(=O)NC(Cc1cc(F)cc(F)c1)C(O)CNCc1cccc(CC)c1)c1ccccc1. The molecule has 3 unspecified atom stereocenters. The number of carbonyl (C=O) groups excluding carboxylic acids is 2. The Labute approximate surface area is 260 Å². The number of carbonyl (C=O) groups is 2. The average Bonchev–Trinajstić information content (AvgIpc) is 3.00. The number of hydrogen-bond acceptors (Lipinski definition) is 4. The number of nitrogens with zero attached hydrogens (tertiary/aromatic N) is 1. The lowest BCUT2D eigenvalue weighted by molar-refractivity contribution is -0.133. The predicted molar refractivity (Wildman–Crippen MR) is 171 cm³/mol. The Morgan fingerprint density at radius 2 is 1.50 bits per heavy atom. The first-order valence-electron chi connectivity index (χ1n) is 15.8. The first-order chi connectivity index (χ1) is 21.2. The van der Waals surface area contributed by atoms with Crippen LogP contribution in [0.15, 0.2) is 72.8 Å². The predicted octanol–water partition coefficient (Wildman–Crippen LogP) is 5.92. The second-order valence-corrected chi connectivity index (χ2v) is 11.4. The summed E-state index contributed by atoms with van der Waals surface area (Å²) in [7, 11) is 0. The lowest BCUT2D eigenvalue weighted by Gasteiger charge is -2.28. The van der Waals surface area contributed by atoms with Crippen LogP contribution in [0.3, 0.4) is 0 Å². The summed E-state index contributed by atoms with van der Waals surface area (Å²) in [5.74, 6) is -2.27. The molecule has 3 atom stereocenters. The molecule has 3 rings (SSSR count). The number of rotatable bonds is 18. The minimum atomic E-state index is -1.03. The van der Waals surface area contributed by atoms with Gasteiger partial charge in [-0.3, -0.25) is 9.59 Å². The molecular formula is C36H47F2N3O3. The number of halogens is 2. The van der Waals surface area contributed by atoms with Crippen LogP contribution in [0.4, 0.5) is 8.78 Å².